The second kappa shape index (κ2) is 5.63. The Kier molecular flexibility index (Phi) is 4.14. The molecule has 0 saturated heterocycles. The third-order valence-corrected chi connectivity index (χ3v) is 3.25. The monoisotopic (exact) mass is 312 g/mol. The number of nitrogens with one attached hydrogen (secondary N) is 1. The van der Waals surface area contributed by atoms with E-state index in [1.807, 2.05) is 6.92 Å². The van der Waals surface area contributed by atoms with Gasteiger partial charge < -0.3 is 9.73 Å². The molecule has 0 radical (unpaired) electrons. The first kappa shape index (κ1) is 13.2. The summed E-state index contributed by atoms with van der Waals surface area (Å²) < 4.78 is 19.8. The van der Waals surface area contributed by atoms with E-state index in [9.17, 15) is 4.39 Å². The lowest BCUT2D eigenvalue weighted by Crippen LogP contribution is -2.23. The van der Waals surface area contributed by atoms with Crippen molar-refractivity contribution < 1.29 is 8.81 Å². The van der Waals surface area contributed by atoms with Crippen molar-refractivity contribution in [2.24, 2.45) is 0 Å². The molecule has 0 amide bonds. The highest BCUT2D eigenvalue weighted by atomic mass is 79.9. The van der Waals surface area contributed by atoms with Gasteiger partial charge in [0.05, 0.1) is 10.5 Å². The van der Waals surface area contributed by atoms with Crippen molar-refractivity contribution in [2.45, 2.75) is 19.9 Å². The third kappa shape index (κ3) is 2.62. The first-order chi connectivity index (χ1) is 8.63. The molecule has 0 aliphatic heterocycles. The fourth-order valence-corrected chi connectivity index (χ4v) is 2.22. The van der Waals surface area contributed by atoms with E-state index in [4.69, 9.17) is 4.42 Å². The number of oxazole rings is 1. The molecule has 96 valence electrons. The zero-order chi connectivity index (χ0) is 13.1. The SMILES string of the molecule is CCNC(c1coc(C)n1)c1cccc(Br)c1F. The van der Waals surface area contributed by atoms with Crippen molar-refractivity contribution >= 4 is 15.9 Å². The molecule has 1 N–H and O–H groups in total. The predicted octanol–water partition coefficient (Wildman–Crippen LogP) is 3.58. The van der Waals surface area contributed by atoms with E-state index in [1.54, 1.807) is 31.4 Å². The van der Waals surface area contributed by atoms with Gasteiger partial charge in [0.25, 0.3) is 0 Å². The predicted molar refractivity (Wildman–Crippen MR) is 70.9 cm³/mol. The first-order valence-electron chi connectivity index (χ1n) is 5.72. The largest absolute Gasteiger partial charge is 0.449 e. The van der Waals surface area contributed by atoms with Crippen molar-refractivity contribution in [3.05, 3.63) is 51.9 Å². The number of aromatic nitrogens is 1. The van der Waals surface area contributed by atoms with Gasteiger partial charge in [-0.2, -0.15) is 0 Å². The van der Waals surface area contributed by atoms with E-state index >= 15 is 0 Å². The highest BCUT2D eigenvalue weighted by Crippen LogP contribution is 2.27. The summed E-state index contributed by atoms with van der Waals surface area (Å²) in [5.41, 5.74) is 1.24. The smallest absolute Gasteiger partial charge is 0.191 e. The quantitative estimate of drug-likeness (QED) is 0.937. The summed E-state index contributed by atoms with van der Waals surface area (Å²) >= 11 is 3.20. The molecule has 0 aliphatic rings. The number of rotatable bonds is 4. The average molecular weight is 313 g/mol. The summed E-state index contributed by atoms with van der Waals surface area (Å²) in [7, 11) is 0. The summed E-state index contributed by atoms with van der Waals surface area (Å²) in [6.45, 7) is 4.45. The zero-order valence-electron chi connectivity index (χ0n) is 10.2. The number of halogens is 2. The standard InChI is InChI=1S/C13H14BrFN2O/c1-3-16-13(11-7-18-8(2)17-11)9-5-4-6-10(14)12(9)15/h4-7,13,16H,3H2,1-2H3. The summed E-state index contributed by atoms with van der Waals surface area (Å²) in [5, 5.41) is 3.21. The second-order valence-corrected chi connectivity index (χ2v) is 4.78. The Morgan fingerprint density at radius 2 is 2.28 bits per heavy atom. The number of nitrogens with zero attached hydrogens (tertiary/aromatic N) is 1. The number of hydrogen-bond acceptors (Lipinski definition) is 3. The molecule has 1 aromatic heterocycles. The van der Waals surface area contributed by atoms with Crippen LogP contribution in [0, 0.1) is 12.7 Å². The molecule has 2 aromatic rings. The minimum Gasteiger partial charge on any atom is -0.449 e. The Balaban J connectivity index is 2.44. The third-order valence-electron chi connectivity index (χ3n) is 2.63. The molecule has 18 heavy (non-hydrogen) atoms. The Hall–Kier alpha value is -1.20. The molecular formula is C13H14BrFN2O. The topological polar surface area (TPSA) is 38.1 Å². The highest BCUT2D eigenvalue weighted by Gasteiger charge is 2.21. The fraction of sp³-hybridized carbons (Fsp3) is 0.308. The van der Waals surface area contributed by atoms with Gasteiger partial charge >= 0.3 is 0 Å². The second-order valence-electron chi connectivity index (χ2n) is 3.93. The summed E-state index contributed by atoms with van der Waals surface area (Å²) in [6.07, 6.45) is 1.56. The minimum absolute atomic E-state index is 0.274. The maximum atomic E-state index is 14.1. The van der Waals surface area contributed by atoms with Crippen molar-refractivity contribution in [1.29, 1.82) is 0 Å². The van der Waals surface area contributed by atoms with Crippen molar-refractivity contribution in [1.82, 2.24) is 10.3 Å². The Labute approximate surface area is 114 Å². The van der Waals surface area contributed by atoms with Crippen LogP contribution in [0.1, 0.15) is 30.1 Å². The summed E-state index contributed by atoms with van der Waals surface area (Å²) in [6, 6.07) is 4.93. The molecule has 0 fully saturated rings. The lowest BCUT2D eigenvalue weighted by molar-refractivity contribution is 0.516. The molecule has 1 aromatic carbocycles. The van der Waals surface area contributed by atoms with E-state index in [2.05, 4.69) is 26.2 Å². The zero-order valence-corrected chi connectivity index (χ0v) is 11.8. The molecule has 5 heteroatoms. The van der Waals surface area contributed by atoms with Crippen LogP contribution in [0.3, 0.4) is 0 Å². The van der Waals surface area contributed by atoms with Gasteiger partial charge in [-0.25, -0.2) is 9.37 Å². The molecule has 0 bridgehead atoms. The maximum Gasteiger partial charge on any atom is 0.191 e. The molecular weight excluding hydrogens is 299 g/mol. The van der Waals surface area contributed by atoms with Crippen LogP contribution < -0.4 is 5.32 Å². The maximum absolute atomic E-state index is 14.1. The number of benzene rings is 1. The minimum atomic E-state index is -0.301. The Morgan fingerprint density at radius 1 is 1.50 bits per heavy atom. The molecule has 0 aliphatic carbocycles. The molecule has 1 unspecified atom stereocenters. The number of hydrogen-bond donors (Lipinski definition) is 1. The summed E-state index contributed by atoms with van der Waals surface area (Å²) in [5.74, 6) is 0.299. The van der Waals surface area contributed by atoms with E-state index in [1.165, 1.54) is 0 Å². The van der Waals surface area contributed by atoms with Crippen LogP contribution in [0.2, 0.25) is 0 Å². The van der Waals surface area contributed by atoms with Gasteiger partial charge in [0, 0.05) is 12.5 Å². The van der Waals surface area contributed by atoms with Crippen LogP contribution in [0.4, 0.5) is 4.39 Å². The molecule has 0 saturated carbocycles. The van der Waals surface area contributed by atoms with Gasteiger partial charge in [0.2, 0.25) is 0 Å². The normalized spacial score (nSPS) is 12.7. The summed E-state index contributed by atoms with van der Waals surface area (Å²) in [4.78, 5) is 4.27. The van der Waals surface area contributed by atoms with Crippen LogP contribution in [0.5, 0.6) is 0 Å². The van der Waals surface area contributed by atoms with Crippen LogP contribution in [-0.2, 0) is 0 Å². The van der Waals surface area contributed by atoms with Gasteiger partial charge in [-0.05, 0) is 28.5 Å². The molecule has 1 heterocycles. The first-order valence-corrected chi connectivity index (χ1v) is 6.52. The van der Waals surface area contributed by atoms with E-state index < -0.39 is 0 Å². The van der Waals surface area contributed by atoms with E-state index in [0.717, 1.165) is 0 Å². The van der Waals surface area contributed by atoms with Crippen molar-refractivity contribution in [3.63, 3.8) is 0 Å². The van der Waals surface area contributed by atoms with Crippen LogP contribution in [0.15, 0.2) is 33.4 Å². The molecule has 0 spiro atoms. The highest BCUT2D eigenvalue weighted by molar-refractivity contribution is 9.10. The van der Waals surface area contributed by atoms with E-state index in [0.29, 0.717) is 28.2 Å². The lowest BCUT2D eigenvalue weighted by atomic mass is 10.0. The van der Waals surface area contributed by atoms with Gasteiger partial charge in [0.1, 0.15) is 17.8 Å². The van der Waals surface area contributed by atoms with Gasteiger partial charge in [0.15, 0.2) is 5.89 Å². The fourth-order valence-electron chi connectivity index (χ4n) is 1.83. The van der Waals surface area contributed by atoms with Gasteiger partial charge in [-0.3, -0.25) is 0 Å². The number of aryl methyl sites for hydroxylation is 1. The average Bonchev–Trinajstić information content (AvgIpc) is 2.77. The molecule has 3 nitrogen and oxygen atoms in total. The van der Waals surface area contributed by atoms with Gasteiger partial charge in [-0.15, -0.1) is 0 Å². The van der Waals surface area contributed by atoms with E-state index in [-0.39, 0.29) is 11.9 Å². The van der Waals surface area contributed by atoms with Crippen molar-refractivity contribution in [3.8, 4) is 0 Å². The molecule has 2 rings (SSSR count). The van der Waals surface area contributed by atoms with Crippen LogP contribution in [-0.4, -0.2) is 11.5 Å². The van der Waals surface area contributed by atoms with Crippen molar-refractivity contribution in [2.75, 3.05) is 6.54 Å². The molecule has 1 atom stereocenters. The lowest BCUT2D eigenvalue weighted by Gasteiger charge is -2.16. The Morgan fingerprint density at radius 3 is 2.89 bits per heavy atom. The van der Waals surface area contributed by atoms with Crippen LogP contribution in [0.25, 0.3) is 0 Å². The van der Waals surface area contributed by atoms with Gasteiger partial charge in [-0.1, -0.05) is 19.1 Å². The van der Waals surface area contributed by atoms with Crippen LogP contribution >= 0.6 is 15.9 Å². The Bertz CT molecular complexity index is 542.